The van der Waals surface area contributed by atoms with Crippen molar-refractivity contribution in [3.05, 3.63) is 41.3 Å². The molecule has 0 radical (unpaired) electrons. The molecule has 0 atom stereocenters. The number of hydrogen-bond acceptors (Lipinski definition) is 5. The summed E-state index contributed by atoms with van der Waals surface area (Å²) in [6.45, 7) is 2.67. The highest BCUT2D eigenvalue weighted by Crippen LogP contribution is 2.46. The third-order valence-corrected chi connectivity index (χ3v) is 4.28. The number of ether oxygens (including phenoxy) is 1. The van der Waals surface area contributed by atoms with Crippen LogP contribution < -0.4 is 15.4 Å². The van der Waals surface area contributed by atoms with Crippen molar-refractivity contribution in [1.82, 2.24) is 9.97 Å². The van der Waals surface area contributed by atoms with Gasteiger partial charge in [0.15, 0.2) is 11.5 Å². The van der Waals surface area contributed by atoms with Gasteiger partial charge in [-0.25, -0.2) is 19.7 Å². The molecule has 1 aliphatic rings. The monoisotopic (exact) mass is 357 g/mol. The minimum absolute atomic E-state index is 0.136. The first-order valence-electron chi connectivity index (χ1n) is 7.66. The Labute approximate surface area is 150 Å². The maximum absolute atomic E-state index is 12.0. The number of benzene rings is 1. The van der Waals surface area contributed by atoms with Gasteiger partial charge in [-0.15, -0.1) is 0 Å². The number of nitriles is 1. The van der Waals surface area contributed by atoms with Crippen LogP contribution in [0.3, 0.4) is 0 Å². The van der Waals surface area contributed by atoms with Crippen molar-refractivity contribution < 1.29 is 9.53 Å². The van der Waals surface area contributed by atoms with Gasteiger partial charge in [0.05, 0.1) is 24.7 Å². The van der Waals surface area contributed by atoms with Crippen LogP contribution in [0.4, 0.5) is 16.3 Å². The molecule has 2 aromatic rings. The fourth-order valence-corrected chi connectivity index (χ4v) is 2.41. The van der Waals surface area contributed by atoms with E-state index in [4.69, 9.17) is 27.3 Å². The van der Waals surface area contributed by atoms with Gasteiger partial charge in [0.2, 0.25) is 0 Å². The zero-order chi connectivity index (χ0) is 18.0. The molecule has 0 spiro atoms. The van der Waals surface area contributed by atoms with Crippen LogP contribution in [0.2, 0.25) is 5.02 Å². The van der Waals surface area contributed by atoms with E-state index in [1.54, 1.807) is 18.2 Å². The standard InChI is InChI=1S/C17H16ClN5O2/c1-17(4-5-17)10-25-14-3-2-11(18)6-13(14)23(16(20)24)15-9-21-12(7-19)8-22-15/h2-3,6,8-9H,4-5,10H2,1H3,(H2,20,24). The minimum atomic E-state index is -0.760. The maximum atomic E-state index is 12.0. The summed E-state index contributed by atoms with van der Waals surface area (Å²) in [5.74, 6) is 0.652. The van der Waals surface area contributed by atoms with Crippen LogP contribution in [-0.4, -0.2) is 22.6 Å². The van der Waals surface area contributed by atoms with E-state index in [1.807, 2.05) is 6.07 Å². The molecule has 0 bridgehead atoms. The zero-order valence-corrected chi connectivity index (χ0v) is 14.3. The minimum Gasteiger partial charge on any atom is -0.491 e. The van der Waals surface area contributed by atoms with Gasteiger partial charge in [0.25, 0.3) is 0 Å². The third kappa shape index (κ3) is 3.80. The lowest BCUT2D eigenvalue weighted by atomic mass is 10.2. The van der Waals surface area contributed by atoms with Crippen molar-refractivity contribution in [1.29, 1.82) is 5.26 Å². The SMILES string of the molecule is CC1(COc2ccc(Cl)cc2N(C(N)=O)c2cnc(C#N)cn2)CC1. The molecule has 8 heteroatoms. The van der Waals surface area contributed by atoms with Gasteiger partial charge in [-0.1, -0.05) is 18.5 Å². The average Bonchev–Trinajstić information content (AvgIpc) is 3.32. The van der Waals surface area contributed by atoms with Gasteiger partial charge in [-0.2, -0.15) is 5.26 Å². The summed E-state index contributed by atoms with van der Waals surface area (Å²) < 4.78 is 5.91. The number of rotatable bonds is 5. The third-order valence-electron chi connectivity index (χ3n) is 4.04. The summed E-state index contributed by atoms with van der Waals surface area (Å²) in [6, 6.07) is 6.06. The van der Waals surface area contributed by atoms with Crippen molar-refractivity contribution in [2.75, 3.05) is 11.5 Å². The number of nitrogens with two attached hydrogens (primary N) is 1. The Hall–Kier alpha value is -2.85. The van der Waals surface area contributed by atoms with Gasteiger partial charge in [-0.05, 0) is 31.0 Å². The van der Waals surface area contributed by atoms with Crippen molar-refractivity contribution in [3.8, 4) is 11.8 Å². The topological polar surface area (TPSA) is 105 Å². The van der Waals surface area contributed by atoms with Crippen LogP contribution in [0.25, 0.3) is 0 Å². The van der Waals surface area contributed by atoms with Crippen LogP contribution in [0.15, 0.2) is 30.6 Å². The number of urea groups is 1. The lowest BCUT2D eigenvalue weighted by Crippen LogP contribution is -2.32. The molecule has 2 N–H and O–H groups in total. The van der Waals surface area contributed by atoms with Gasteiger partial charge in [0.1, 0.15) is 11.8 Å². The molecule has 0 unspecified atom stereocenters. The Balaban J connectivity index is 1.98. The summed E-state index contributed by atoms with van der Waals surface area (Å²) in [5, 5.41) is 9.25. The van der Waals surface area contributed by atoms with Crippen LogP contribution in [0, 0.1) is 16.7 Å². The average molecular weight is 358 g/mol. The molecular formula is C17H16ClN5O2. The fraction of sp³-hybridized carbons (Fsp3) is 0.294. The number of nitrogens with zero attached hydrogens (tertiary/aromatic N) is 4. The second-order valence-corrected chi connectivity index (χ2v) is 6.69. The number of carbonyl (C=O) groups excluding carboxylic acids is 1. The summed E-state index contributed by atoms with van der Waals surface area (Å²) in [4.78, 5) is 21.2. The second kappa shape index (κ2) is 6.57. The highest BCUT2D eigenvalue weighted by Gasteiger charge is 2.38. The van der Waals surface area contributed by atoms with E-state index in [2.05, 4.69) is 16.9 Å². The van der Waals surface area contributed by atoms with Crippen molar-refractivity contribution in [3.63, 3.8) is 0 Å². The fourth-order valence-electron chi connectivity index (χ4n) is 2.25. The predicted molar refractivity (Wildman–Crippen MR) is 92.8 cm³/mol. The molecule has 25 heavy (non-hydrogen) atoms. The molecule has 1 aromatic carbocycles. The van der Waals surface area contributed by atoms with Crippen molar-refractivity contribution in [2.24, 2.45) is 11.1 Å². The largest absolute Gasteiger partial charge is 0.491 e. The van der Waals surface area contributed by atoms with Gasteiger partial charge in [-0.3, -0.25) is 0 Å². The molecule has 0 aliphatic heterocycles. The van der Waals surface area contributed by atoms with E-state index in [0.29, 0.717) is 23.1 Å². The molecule has 1 heterocycles. The van der Waals surface area contributed by atoms with Crippen molar-refractivity contribution in [2.45, 2.75) is 19.8 Å². The van der Waals surface area contributed by atoms with Crippen LogP contribution in [0.5, 0.6) is 5.75 Å². The molecule has 7 nitrogen and oxygen atoms in total. The summed E-state index contributed by atoms with van der Waals surface area (Å²) in [6.07, 6.45) is 4.78. The number of amides is 2. The first kappa shape index (κ1) is 17.0. The van der Waals surface area contributed by atoms with E-state index in [0.717, 1.165) is 17.7 Å². The molecular weight excluding hydrogens is 342 g/mol. The molecule has 128 valence electrons. The highest BCUT2D eigenvalue weighted by molar-refractivity contribution is 6.31. The van der Waals surface area contributed by atoms with E-state index in [-0.39, 0.29) is 16.9 Å². The molecule has 1 saturated carbocycles. The van der Waals surface area contributed by atoms with E-state index in [1.165, 1.54) is 12.4 Å². The number of halogens is 1. The van der Waals surface area contributed by atoms with E-state index >= 15 is 0 Å². The normalized spacial score (nSPS) is 14.4. The zero-order valence-electron chi connectivity index (χ0n) is 13.6. The Morgan fingerprint density at radius 1 is 1.44 bits per heavy atom. The summed E-state index contributed by atoms with van der Waals surface area (Å²) in [7, 11) is 0. The quantitative estimate of drug-likeness (QED) is 0.882. The highest BCUT2D eigenvalue weighted by atomic mass is 35.5. The number of anilines is 2. The van der Waals surface area contributed by atoms with Crippen molar-refractivity contribution >= 4 is 29.1 Å². The predicted octanol–water partition coefficient (Wildman–Crippen LogP) is 3.40. The number of hydrogen-bond donors (Lipinski definition) is 1. The number of primary amides is 1. The maximum Gasteiger partial charge on any atom is 0.325 e. The van der Waals surface area contributed by atoms with E-state index in [9.17, 15) is 4.79 Å². The Kier molecular flexibility index (Phi) is 4.47. The number of carbonyl (C=O) groups is 1. The van der Waals surface area contributed by atoms with Crippen LogP contribution >= 0.6 is 11.6 Å². The summed E-state index contributed by atoms with van der Waals surface area (Å²) >= 11 is 6.09. The molecule has 1 fully saturated rings. The van der Waals surface area contributed by atoms with Crippen LogP contribution in [-0.2, 0) is 0 Å². The smallest absolute Gasteiger partial charge is 0.325 e. The lowest BCUT2D eigenvalue weighted by molar-refractivity contribution is 0.246. The molecule has 1 aromatic heterocycles. The Morgan fingerprint density at radius 3 is 2.76 bits per heavy atom. The second-order valence-electron chi connectivity index (χ2n) is 6.26. The number of aromatic nitrogens is 2. The first-order valence-corrected chi connectivity index (χ1v) is 8.04. The summed E-state index contributed by atoms with van der Waals surface area (Å²) in [5.41, 5.74) is 6.22. The molecule has 0 saturated heterocycles. The Bertz CT molecular complexity index is 843. The van der Waals surface area contributed by atoms with Gasteiger partial charge < -0.3 is 10.5 Å². The van der Waals surface area contributed by atoms with Gasteiger partial charge in [0, 0.05) is 10.4 Å². The molecule has 1 aliphatic carbocycles. The molecule has 3 rings (SSSR count). The van der Waals surface area contributed by atoms with Gasteiger partial charge >= 0.3 is 6.03 Å². The first-order chi connectivity index (χ1) is 11.9. The molecule has 2 amide bonds. The van der Waals surface area contributed by atoms with E-state index < -0.39 is 6.03 Å². The lowest BCUT2D eigenvalue weighted by Gasteiger charge is -2.23. The van der Waals surface area contributed by atoms with Crippen LogP contribution in [0.1, 0.15) is 25.5 Å². The Morgan fingerprint density at radius 2 is 2.20 bits per heavy atom.